The largest absolute Gasteiger partial charge is 0.371 e. The molecule has 0 radical (unpaired) electrons. The van der Waals surface area contributed by atoms with Crippen LogP contribution < -0.4 is 10.2 Å². The van der Waals surface area contributed by atoms with Crippen LogP contribution in [0.3, 0.4) is 0 Å². The third kappa shape index (κ3) is 3.59. The number of halogens is 1. The van der Waals surface area contributed by atoms with Gasteiger partial charge in [0.05, 0.1) is 0 Å². The van der Waals surface area contributed by atoms with Gasteiger partial charge in [-0.3, -0.25) is 9.69 Å². The van der Waals surface area contributed by atoms with Crippen LogP contribution in [0, 0.1) is 5.92 Å². The maximum absolute atomic E-state index is 13.1. The average Bonchev–Trinajstić information content (AvgIpc) is 3.41. The van der Waals surface area contributed by atoms with E-state index in [1.54, 1.807) is 0 Å². The maximum atomic E-state index is 13.1. The highest BCUT2D eigenvalue weighted by atomic mass is 35.5. The van der Waals surface area contributed by atoms with E-state index in [1.165, 1.54) is 31.4 Å². The molecular weight excluding hydrogens is 346 g/mol. The number of carbonyl (C=O) groups excluding carboxylic acids is 1. The van der Waals surface area contributed by atoms with Crippen LogP contribution >= 0.6 is 11.6 Å². The van der Waals surface area contributed by atoms with Gasteiger partial charge in [-0.1, -0.05) is 30.5 Å². The molecule has 1 saturated carbocycles. The second kappa shape index (κ2) is 7.77. The Hall–Kier alpha value is -1.26. The summed E-state index contributed by atoms with van der Waals surface area (Å²) in [6.45, 7) is 5.03. The topological polar surface area (TPSA) is 35.6 Å². The van der Waals surface area contributed by atoms with Crippen molar-refractivity contribution >= 4 is 23.2 Å². The molecule has 2 heterocycles. The molecule has 1 atom stereocenters. The van der Waals surface area contributed by atoms with Crippen LogP contribution in [0.25, 0.3) is 0 Å². The van der Waals surface area contributed by atoms with E-state index in [-0.39, 0.29) is 11.4 Å². The van der Waals surface area contributed by atoms with Crippen molar-refractivity contribution < 1.29 is 4.79 Å². The Kier molecular flexibility index (Phi) is 5.42. The molecule has 1 aromatic rings. The third-order valence-electron chi connectivity index (χ3n) is 6.58. The van der Waals surface area contributed by atoms with Crippen LogP contribution in [0.15, 0.2) is 24.3 Å². The predicted octanol–water partition coefficient (Wildman–Crippen LogP) is 3.69. The molecule has 0 aromatic heterocycles. The maximum Gasteiger partial charge on any atom is 0.240 e. The lowest BCUT2D eigenvalue weighted by Crippen LogP contribution is -2.56. The summed E-state index contributed by atoms with van der Waals surface area (Å²) in [7, 11) is 0. The first-order chi connectivity index (χ1) is 12.7. The summed E-state index contributed by atoms with van der Waals surface area (Å²) in [6, 6.07) is 8.07. The fourth-order valence-electron chi connectivity index (χ4n) is 5.10. The van der Waals surface area contributed by atoms with Gasteiger partial charge in [-0.15, -0.1) is 0 Å². The lowest BCUT2D eigenvalue weighted by atomic mass is 9.93. The van der Waals surface area contributed by atoms with Crippen molar-refractivity contribution in [3.05, 3.63) is 29.3 Å². The van der Waals surface area contributed by atoms with Gasteiger partial charge < -0.3 is 10.2 Å². The Morgan fingerprint density at radius 2 is 1.92 bits per heavy atom. The van der Waals surface area contributed by atoms with E-state index in [0.29, 0.717) is 5.92 Å². The highest BCUT2D eigenvalue weighted by Gasteiger charge is 2.46. The number of nitrogens with one attached hydrogen (secondary N) is 1. The molecule has 0 bridgehead atoms. The van der Waals surface area contributed by atoms with Crippen LogP contribution in [0.1, 0.15) is 44.9 Å². The van der Waals surface area contributed by atoms with Crippen LogP contribution in [-0.4, -0.2) is 49.1 Å². The molecule has 4 nitrogen and oxygen atoms in total. The van der Waals surface area contributed by atoms with Gasteiger partial charge in [0.1, 0.15) is 5.54 Å². The van der Waals surface area contributed by atoms with Crippen LogP contribution in [-0.2, 0) is 4.79 Å². The number of nitrogens with zero attached hydrogens (tertiary/aromatic N) is 2. The normalized spacial score (nSPS) is 25.7. The van der Waals surface area contributed by atoms with Crippen molar-refractivity contribution in [2.45, 2.75) is 50.5 Å². The minimum absolute atomic E-state index is 0.207. The fraction of sp³-hybridized carbons (Fsp3) is 0.667. The summed E-state index contributed by atoms with van der Waals surface area (Å²) in [5.41, 5.74) is 0.984. The van der Waals surface area contributed by atoms with E-state index in [1.807, 2.05) is 18.2 Å². The van der Waals surface area contributed by atoms with Crippen molar-refractivity contribution in [3.8, 4) is 0 Å². The Bertz CT molecular complexity index is 638. The molecule has 3 aliphatic rings. The number of amides is 1. The zero-order chi connectivity index (χ0) is 18.0. The smallest absolute Gasteiger partial charge is 0.240 e. The quantitative estimate of drug-likeness (QED) is 0.852. The van der Waals surface area contributed by atoms with Crippen molar-refractivity contribution in [1.29, 1.82) is 0 Å². The molecule has 142 valence electrons. The molecule has 1 aromatic carbocycles. The van der Waals surface area contributed by atoms with Crippen LogP contribution in [0.4, 0.5) is 5.69 Å². The third-order valence-corrected chi connectivity index (χ3v) is 6.81. The first kappa shape index (κ1) is 18.1. The monoisotopic (exact) mass is 375 g/mol. The summed E-state index contributed by atoms with van der Waals surface area (Å²) in [4.78, 5) is 18.0. The van der Waals surface area contributed by atoms with E-state index in [2.05, 4.69) is 21.2 Å². The predicted molar refractivity (Wildman–Crippen MR) is 107 cm³/mol. The molecule has 0 spiro atoms. The zero-order valence-corrected chi connectivity index (χ0v) is 16.3. The summed E-state index contributed by atoms with van der Waals surface area (Å²) in [5, 5.41) is 4.12. The average molecular weight is 376 g/mol. The summed E-state index contributed by atoms with van der Waals surface area (Å²) in [5.74, 6) is 0.813. The molecule has 4 rings (SSSR count). The van der Waals surface area contributed by atoms with Gasteiger partial charge in [0.15, 0.2) is 0 Å². The van der Waals surface area contributed by atoms with Crippen molar-refractivity contribution in [2.75, 3.05) is 37.6 Å². The molecule has 5 heteroatoms. The highest BCUT2D eigenvalue weighted by molar-refractivity contribution is 6.30. The van der Waals surface area contributed by atoms with E-state index in [4.69, 9.17) is 11.6 Å². The van der Waals surface area contributed by atoms with Gasteiger partial charge >= 0.3 is 0 Å². The first-order valence-electron chi connectivity index (χ1n) is 10.2. The molecule has 1 N–H and O–H groups in total. The Morgan fingerprint density at radius 3 is 2.65 bits per heavy atom. The standard InChI is InChI=1S/C21H30ClN3O/c22-18-6-5-7-19(14-18)24-13-8-17(16-24)15-23-20(26)21(9-1-2-10-21)25-11-3-4-12-25/h5-7,14,17H,1-4,8-13,15-16H2,(H,23,26). The number of hydrogen-bond donors (Lipinski definition) is 1. The SMILES string of the molecule is O=C(NCC1CCN(c2cccc(Cl)c2)C1)C1(N2CCCC2)CCCC1. The molecule has 1 amide bonds. The summed E-state index contributed by atoms with van der Waals surface area (Å²) in [6.07, 6.45) is 8.07. The number of carbonyl (C=O) groups is 1. The van der Waals surface area contributed by atoms with Crippen molar-refractivity contribution in [3.63, 3.8) is 0 Å². The van der Waals surface area contributed by atoms with Crippen molar-refractivity contribution in [2.24, 2.45) is 5.92 Å². The van der Waals surface area contributed by atoms with E-state index >= 15 is 0 Å². The van der Waals surface area contributed by atoms with E-state index < -0.39 is 0 Å². The van der Waals surface area contributed by atoms with Gasteiger partial charge in [-0.05, 0) is 69.3 Å². The lowest BCUT2D eigenvalue weighted by molar-refractivity contribution is -0.133. The molecule has 1 aliphatic carbocycles. The molecule has 26 heavy (non-hydrogen) atoms. The van der Waals surface area contributed by atoms with Gasteiger partial charge in [-0.25, -0.2) is 0 Å². The van der Waals surface area contributed by atoms with Gasteiger partial charge in [0.25, 0.3) is 0 Å². The Morgan fingerprint density at radius 1 is 1.15 bits per heavy atom. The van der Waals surface area contributed by atoms with E-state index in [0.717, 1.165) is 57.0 Å². The van der Waals surface area contributed by atoms with Gasteiger partial charge in [0.2, 0.25) is 5.91 Å². The molecule has 2 aliphatic heterocycles. The second-order valence-corrected chi connectivity index (χ2v) is 8.66. The second-order valence-electron chi connectivity index (χ2n) is 8.22. The fourth-order valence-corrected chi connectivity index (χ4v) is 5.28. The minimum atomic E-state index is -0.207. The molecule has 2 saturated heterocycles. The number of rotatable bonds is 5. The Labute approximate surface area is 161 Å². The number of benzene rings is 1. The highest BCUT2D eigenvalue weighted by Crippen LogP contribution is 2.37. The number of anilines is 1. The number of hydrogen-bond acceptors (Lipinski definition) is 3. The summed E-state index contributed by atoms with van der Waals surface area (Å²) >= 11 is 6.12. The van der Waals surface area contributed by atoms with Crippen LogP contribution in [0.5, 0.6) is 0 Å². The minimum Gasteiger partial charge on any atom is -0.371 e. The van der Waals surface area contributed by atoms with Crippen molar-refractivity contribution in [1.82, 2.24) is 10.2 Å². The lowest BCUT2D eigenvalue weighted by Gasteiger charge is -2.37. The molecule has 3 fully saturated rings. The van der Waals surface area contributed by atoms with Gasteiger partial charge in [0, 0.05) is 30.3 Å². The zero-order valence-electron chi connectivity index (χ0n) is 15.6. The van der Waals surface area contributed by atoms with Crippen LogP contribution in [0.2, 0.25) is 5.02 Å². The number of likely N-dealkylation sites (tertiary alicyclic amines) is 1. The van der Waals surface area contributed by atoms with E-state index in [9.17, 15) is 4.79 Å². The molecule has 1 unspecified atom stereocenters. The Balaban J connectivity index is 1.33. The summed E-state index contributed by atoms with van der Waals surface area (Å²) < 4.78 is 0. The van der Waals surface area contributed by atoms with Gasteiger partial charge in [-0.2, -0.15) is 0 Å². The first-order valence-corrected chi connectivity index (χ1v) is 10.6. The molecular formula is C21H30ClN3O.